The molecule has 4 N–H and O–H groups in total. The van der Waals surface area contributed by atoms with Crippen LogP contribution in [0.4, 0.5) is 35.3 Å². The van der Waals surface area contributed by atoms with Crippen LogP contribution in [0.25, 0.3) is 10.9 Å². The molecule has 2 aromatic heterocycles. The van der Waals surface area contributed by atoms with Gasteiger partial charge < -0.3 is 21.1 Å². The minimum atomic E-state index is -2.57. The summed E-state index contributed by atoms with van der Waals surface area (Å²) < 4.78 is 41.8. The second kappa shape index (κ2) is 10.1. The highest BCUT2D eigenvalue weighted by Crippen LogP contribution is 2.37. The van der Waals surface area contributed by atoms with E-state index < -0.39 is 30.9 Å². The molecule has 12 heteroatoms. The molecule has 3 aromatic rings. The summed E-state index contributed by atoms with van der Waals surface area (Å²) in [6, 6.07) is 7.09. The lowest BCUT2D eigenvalue weighted by molar-refractivity contribution is 0.123. The number of benzene rings is 1. The first kappa shape index (κ1) is 24.1. The normalized spacial score (nSPS) is 15.0. The summed E-state index contributed by atoms with van der Waals surface area (Å²) in [6.45, 7) is 1.27. The molecule has 1 aliphatic carbocycles. The molecule has 0 unspecified atom stereocenters. The maximum Gasteiger partial charge on any atom is 0.404 e. The van der Waals surface area contributed by atoms with Crippen molar-refractivity contribution in [2.24, 2.45) is 5.92 Å². The summed E-state index contributed by atoms with van der Waals surface area (Å²) in [7, 11) is 0. The summed E-state index contributed by atoms with van der Waals surface area (Å²) in [6.07, 6.45) is -0.0589. The van der Waals surface area contributed by atoms with Crippen molar-refractivity contribution < 1.29 is 23.1 Å². The van der Waals surface area contributed by atoms with Gasteiger partial charge in [0.2, 0.25) is 0 Å². The summed E-state index contributed by atoms with van der Waals surface area (Å²) in [5.41, 5.74) is 0.875. The number of halogens is 3. The van der Waals surface area contributed by atoms with Gasteiger partial charge in [-0.1, -0.05) is 13.0 Å². The van der Waals surface area contributed by atoms with E-state index in [1.54, 1.807) is 18.2 Å². The number of nitriles is 1. The Labute approximate surface area is 199 Å². The minimum Gasteiger partial charge on any atom is -0.465 e. The van der Waals surface area contributed by atoms with Crippen LogP contribution in [0.5, 0.6) is 0 Å². The van der Waals surface area contributed by atoms with E-state index in [1.807, 2.05) is 13.0 Å². The number of hydrogen-bond acceptors (Lipinski definition) is 6. The van der Waals surface area contributed by atoms with E-state index in [1.165, 1.54) is 10.9 Å². The van der Waals surface area contributed by atoms with E-state index in [0.717, 1.165) is 18.9 Å². The Balaban J connectivity index is 1.66. The number of carboxylic acid groups (broad SMARTS) is 1. The maximum atomic E-state index is 14.9. The van der Waals surface area contributed by atoms with Crippen LogP contribution in [-0.2, 0) is 6.54 Å². The second-order valence-corrected chi connectivity index (χ2v) is 8.38. The molecule has 1 fully saturated rings. The first-order valence-electron chi connectivity index (χ1n) is 11.2. The highest BCUT2D eigenvalue weighted by atomic mass is 19.3. The summed E-state index contributed by atoms with van der Waals surface area (Å²) >= 11 is 0. The Hall–Kier alpha value is -4.01. The van der Waals surface area contributed by atoms with Gasteiger partial charge in [0.05, 0.1) is 35.0 Å². The number of rotatable bonds is 10. The predicted octanol–water partition coefficient (Wildman–Crippen LogP) is 4.69. The number of nitrogens with zero attached hydrogens (tertiary/aromatic N) is 4. The average molecular weight is 487 g/mol. The molecule has 1 aliphatic rings. The number of carbonyl (C=O) groups is 1. The number of nitrogens with one attached hydrogen (secondary N) is 3. The van der Waals surface area contributed by atoms with Crippen LogP contribution in [0, 0.1) is 23.1 Å². The zero-order chi connectivity index (χ0) is 25.1. The van der Waals surface area contributed by atoms with Crippen LogP contribution >= 0.6 is 0 Å². The molecule has 0 saturated heterocycles. The molecule has 0 bridgehead atoms. The van der Waals surface area contributed by atoms with Crippen LogP contribution < -0.4 is 16.0 Å². The second-order valence-electron chi connectivity index (χ2n) is 8.38. The fraction of sp³-hybridized carbons (Fsp3) is 0.391. The van der Waals surface area contributed by atoms with Crippen molar-refractivity contribution in [2.45, 2.75) is 51.2 Å². The van der Waals surface area contributed by atoms with Crippen LogP contribution in [-0.4, -0.2) is 44.5 Å². The van der Waals surface area contributed by atoms with Crippen molar-refractivity contribution in [3.63, 3.8) is 0 Å². The fourth-order valence-electron chi connectivity index (χ4n) is 4.15. The van der Waals surface area contributed by atoms with Crippen LogP contribution in [0.3, 0.4) is 0 Å². The lowest BCUT2D eigenvalue weighted by atomic mass is 10.0. The fourth-order valence-corrected chi connectivity index (χ4v) is 4.15. The third-order valence-electron chi connectivity index (χ3n) is 5.96. The summed E-state index contributed by atoms with van der Waals surface area (Å²) in [5.74, 6) is -0.630. The number of fused-ring (bicyclic) bond motifs is 1. The third-order valence-corrected chi connectivity index (χ3v) is 5.96. The number of hydrogen-bond donors (Lipinski definition) is 4. The standard InChI is InChI=1S/C23H24F3N7O2/c1-2-16(30-23(34)35)20(12-6-7-12)31-22-15(24)8-13(9-27)21(32-22)29-17-4-3-5-18-14(17)10-28-33(18)11-19(25)26/h3-5,8,10,12,16,19-20,30H,2,6-7,11H2,1H3,(H,34,35)(H2,29,31,32)/t16-,20-/m0/s1. The van der Waals surface area contributed by atoms with Crippen LogP contribution in [0.15, 0.2) is 30.5 Å². The molecule has 0 radical (unpaired) electrons. The Morgan fingerprint density at radius 3 is 2.74 bits per heavy atom. The lowest BCUT2D eigenvalue weighted by Crippen LogP contribution is -2.47. The molecule has 1 amide bonds. The predicted molar refractivity (Wildman–Crippen MR) is 123 cm³/mol. The van der Waals surface area contributed by atoms with Gasteiger partial charge >= 0.3 is 6.09 Å². The smallest absolute Gasteiger partial charge is 0.404 e. The van der Waals surface area contributed by atoms with Crippen molar-refractivity contribution in [1.82, 2.24) is 20.1 Å². The number of amides is 1. The summed E-state index contributed by atoms with van der Waals surface area (Å²) in [4.78, 5) is 15.5. The number of aromatic nitrogens is 3. The molecule has 4 rings (SSSR count). The van der Waals surface area contributed by atoms with Crippen molar-refractivity contribution in [2.75, 3.05) is 10.6 Å². The minimum absolute atomic E-state index is 0.0521. The largest absolute Gasteiger partial charge is 0.465 e. The van der Waals surface area contributed by atoms with E-state index in [9.17, 15) is 28.3 Å². The van der Waals surface area contributed by atoms with E-state index in [0.29, 0.717) is 23.0 Å². The monoisotopic (exact) mass is 487 g/mol. The highest BCUT2D eigenvalue weighted by Gasteiger charge is 2.37. The van der Waals surface area contributed by atoms with Gasteiger partial charge in [0.15, 0.2) is 17.5 Å². The van der Waals surface area contributed by atoms with Crippen molar-refractivity contribution in [1.29, 1.82) is 5.26 Å². The molecule has 0 aliphatic heterocycles. The molecule has 1 aromatic carbocycles. The molecular formula is C23H24F3N7O2. The van der Waals surface area contributed by atoms with Gasteiger partial charge in [0.25, 0.3) is 6.43 Å². The topological polar surface area (TPSA) is 128 Å². The SMILES string of the molecule is CC[C@H](NC(=O)O)[C@@H](Nc1nc(Nc2cccc3c2cnn3CC(F)F)c(C#N)cc1F)C1CC1. The molecule has 2 heterocycles. The first-order chi connectivity index (χ1) is 16.8. The summed E-state index contributed by atoms with van der Waals surface area (Å²) in [5, 5.41) is 31.8. The van der Waals surface area contributed by atoms with Gasteiger partial charge in [-0.2, -0.15) is 10.4 Å². The molecule has 2 atom stereocenters. The molecule has 0 spiro atoms. The van der Waals surface area contributed by atoms with E-state index in [4.69, 9.17) is 0 Å². The molecule has 9 nitrogen and oxygen atoms in total. The number of alkyl halides is 2. The van der Waals surface area contributed by atoms with Crippen molar-refractivity contribution >= 4 is 34.3 Å². The van der Waals surface area contributed by atoms with Gasteiger partial charge in [0.1, 0.15) is 12.6 Å². The molecular weight excluding hydrogens is 463 g/mol. The highest BCUT2D eigenvalue weighted by molar-refractivity contribution is 5.93. The van der Waals surface area contributed by atoms with E-state index in [2.05, 4.69) is 26.0 Å². The van der Waals surface area contributed by atoms with Gasteiger partial charge in [-0.05, 0) is 43.4 Å². The van der Waals surface area contributed by atoms with Gasteiger partial charge in [-0.3, -0.25) is 4.68 Å². The van der Waals surface area contributed by atoms with E-state index in [-0.39, 0.29) is 29.2 Å². The van der Waals surface area contributed by atoms with Gasteiger partial charge in [-0.25, -0.2) is 22.9 Å². The zero-order valence-corrected chi connectivity index (χ0v) is 18.8. The number of anilines is 3. The van der Waals surface area contributed by atoms with E-state index >= 15 is 0 Å². The Kier molecular flexibility index (Phi) is 6.95. The third kappa shape index (κ3) is 5.40. The van der Waals surface area contributed by atoms with Crippen LogP contribution in [0.2, 0.25) is 0 Å². The molecule has 184 valence electrons. The first-order valence-corrected chi connectivity index (χ1v) is 11.2. The quantitative estimate of drug-likeness (QED) is 0.327. The van der Waals surface area contributed by atoms with Crippen molar-refractivity contribution in [3.8, 4) is 6.07 Å². The maximum absolute atomic E-state index is 14.9. The molecule has 1 saturated carbocycles. The van der Waals surface area contributed by atoms with Crippen LogP contribution in [0.1, 0.15) is 31.7 Å². The Morgan fingerprint density at radius 1 is 1.34 bits per heavy atom. The van der Waals surface area contributed by atoms with Gasteiger partial charge in [-0.15, -0.1) is 0 Å². The lowest BCUT2D eigenvalue weighted by Gasteiger charge is -2.28. The Bertz CT molecular complexity index is 1270. The number of pyridine rings is 1. The van der Waals surface area contributed by atoms with Crippen molar-refractivity contribution in [3.05, 3.63) is 41.8 Å². The zero-order valence-electron chi connectivity index (χ0n) is 18.8. The Morgan fingerprint density at radius 2 is 2.11 bits per heavy atom. The molecule has 35 heavy (non-hydrogen) atoms. The average Bonchev–Trinajstić information content (AvgIpc) is 3.58. The van der Waals surface area contributed by atoms with Gasteiger partial charge in [0, 0.05) is 5.39 Å².